The van der Waals surface area contributed by atoms with E-state index in [1.165, 1.54) is 28.8 Å². The topological polar surface area (TPSA) is 38.1 Å². The summed E-state index contributed by atoms with van der Waals surface area (Å²) >= 11 is 1.55. The molecule has 1 aliphatic rings. The van der Waals surface area contributed by atoms with E-state index < -0.39 is 0 Å². The Morgan fingerprint density at radius 3 is 2.64 bits per heavy atom. The number of likely N-dealkylation sites (tertiary alicyclic amines) is 1. The minimum absolute atomic E-state index is 0.106. The molecule has 1 saturated heterocycles. The molecule has 4 nitrogen and oxygen atoms in total. The first-order valence-corrected chi connectivity index (χ1v) is 13.1. The summed E-state index contributed by atoms with van der Waals surface area (Å²) in [4.78, 5) is 15.3. The van der Waals surface area contributed by atoms with E-state index in [2.05, 4.69) is 48.4 Å². The smallest absolute Gasteiger partial charge is 0.254 e. The Morgan fingerprint density at radius 1 is 1.08 bits per heavy atom. The number of amides is 1. The van der Waals surface area contributed by atoms with Crippen LogP contribution in [-0.2, 0) is 11.8 Å². The Morgan fingerprint density at radius 2 is 1.89 bits per heavy atom. The van der Waals surface area contributed by atoms with Crippen LogP contribution in [0.4, 0.5) is 4.39 Å². The second kappa shape index (κ2) is 9.03. The first-order valence-electron chi connectivity index (χ1n) is 12.1. The highest BCUT2D eigenvalue weighted by Crippen LogP contribution is 2.41. The van der Waals surface area contributed by atoms with E-state index in [1.807, 2.05) is 38.7 Å². The largest absolute Gasteiger partial charge is 0.338 e. The number of nitrogens with zero attached hydrogens (tertiary/aromatic N) is 3. The van der Waals surface area contributed by atoms with Gasteiger partial charge in [0.1, 0.15) is 5.82 Å². The molecule has 0 spiro atoms. The molecule has 1 atom stereocenters. The van der Waals surface area contributed by atoms with Crippen molar-refractivity contribution < 1.29 is 9.18 Å². The van der Waals surface area contributed by atoms with Crippen molar-refractivity contribution in [2.75, 3.05) is 13.1 Å². The van der Waals surface area contributed by atoms with Crippen LogP contribution in [0.5, 0.6) is 0 Å². The molecule has 1 unspecified atom stereocenters. The molecule has 5 aromatic rings. The van der Waals surface area contributed by atoms with Gasteiger partial charge in [-0.3, -0.25) is 4.79 Å². The molecule has 0 aliphatic carbocycles. The van der Waals surface area contributed by atoms with Gasteiger partial charge in [0.25, 0.3) is 5.91 Å². The van der Waals surface area contributed by atoms with Crippen molar-refractivity contribution in [3.05, 3.63) is 118 Å². The fraction of sp³-hybridized carbons (Fsp3) is 0.200. The number of aryl methyl sites for hydroxylation is 1. The van der Waals surface area contributed by atoms with Crippen molar-refractivity contribution >= 4 is 28.1 Å². The number of hydrogen-bond acceptors (Lipinski definition) is 3. The van der Waals surface area contributed by atoms with E-state index in [0.29, 0.717) is 6.54 Å². The number of carbonyl (C=O) groups is 1. The zero-order valence-corrected chi connectivity index (χ0v) is 20.8. The number of aromatic nitrogens is 2. The molecule has 180 valence electrons. The van der Waals surface area contributed by atoms with E-state index in [4.69, 9.17) is 0 Å². The van der Waals surface area contributed by atoms with Crippen LogP contribution in [-0.4, -0.2) is 33.7 Å². The number of thiophene rings is 1. The maximum Gasteiger partial charge on any atom is 0.254 e. The first-order chi connectivity index (χ1) is 17.5. The van der Waals surface area contributed by atoms with E-state index in [-0.39, 0.29) is 17.1 Å². The third-order valence-electron chi connectivity index (χ3n) is 7.35. The molecule has 6 heteroatoms. The van der Waals surface area contributed by atoms with Crippen LogP contribution in [0.3, 0.4) is 0 Å². The van der Waals surface area contributed by atoms with Crippen molar-refractivity contribution in [3.8, 4) is 5.69 Å². The lowest BCUT2D eigenvalue weighted by Gasteiger charge is -2.32. The minimum Gasteiger partial charge on any atom is -0.338 e. The Balaban J connectivity index is 1.42. The SMILES string of the molecule is Cc1cc2c(cnn2-c2ccc(F)cc2)cc1C1(Cc2ccccc2)CCN(C(=O)c2ccsc2)C1. The molecule has 3 heterocycles. The molecule has 0 bridgehead atoms. The van der Waals surface area contributed by atoms with E-state index >= 15 is 0 Å². The summed E-state index contributed by atoms with van der Waals surface area (Å²) in [6, 6.07) is 23.3. The minimum atomic E-state index is -0.265. The summed E-state index contributed by atoms with van der Waals surface area (Å²) in [5, 5.41) is 9.54. The molecular formula is C30H26FN3OS. The summed E-state index contributed by atoms with van der Waals surface area (Å²) in [5.41, 5.74) is 6.09. The number of fused-ring (bicyclic) bond motifs is 1. The van der Waals surface area contributed by atoms with Gasteiger partial charge in [-0.05, 0) is 84.3 Å². The van der Waals surface area contributed by atoms with Gasteiger partial charge in [-0.1, -0.05) is 30.3 Å². The zero-order valence-electron chi connectivity index (χ0n) is 20.0. The molecule has 0 saturated carbocycles. The van der Waals surface area contributed by atoms with Gasteiger partial charge in [0, 0.05) is 29.3 Å². The standard InChI is InChI=1S/C30H26FN3OS/c1-21-15-28-24(18-32-34(28)26-9-7-25(31)8-10-26)16-27(21)30(17-22-5-3-2-4-6-22)12-13-33(20-30)29(35)23-11-14-36-19-23/h2-11,14-16,18-19H,12-13,17,20H2,1H3. The molecule has 1 fully saturated rings. The molecule has 6 rings (SSSR count). The Bertz CT molecular complexity index is 1530. The van der Waals surface area contributed by atoms with Gasteiger partial charge < -0.3 is 4.90 Å². The Labute approximate surface area is 213 Å². The fourth-order valence-corrected chi connectivity index (χ4v) is 6.23. The lowest BCUT2D eigenvalue weighted by atomic mass is 9.73. The monoisotopic (exact) mass is 495 g/mol. The first kappa shape index (κ1) is 22.7. The number of halogens is 1. The normalized spacial score (nSPS) is 17.7. The predicted octanol–water partition coefficient (Wildman–Crippen LogP) is 6.56. The zero-order chi connectivity index (χ0) is 24.7. The fourth-order valence-electron chi connectivity index (χ4n) is 5.60. The molecular weight excluding hydrogens is 469 g/mol. The van der Waals surface area contributed by atoms with Gasteiger partial charge in [0.15, 0.2) is 0 Å². The summed E-state index contributed by atoms with van der Waals surface area (Å²) in [6.07, 6.45) is 3.64. The maximum atomic E-state index is 13.5. The van der Waals surface area contributed by atoms with E-state index in [1.54, 1.807) is 23.5 Å². The highest BCUT2D eigenvalue weighted by molar-refractivity contribution is 7.08. The number of carbonyl (C=O) groups excluding carboxylic acids is 1. The average molecular weight is 496 g/mol. The van der Waals surface area contributed by atoms with Crippen molar-refractivity contribution in [2.45, 2.75) is 25.2 Å². The van der Waals surface area contributed by atoms with Crippen molar-refractivity contribution in [1.29, 1.82) is 0 Å². The van der Waals surface area contributed by atoms with Crippen LogP contribution >= 0.6 is 11.3 Å². The van der Waals surface area contributed by atoms with Crippen molar-refractivity contribution in [2.24, 2.45) is 0 Å². The number of hydrogen-bond donors (Lipinski definition) is 0. The van der Waals surface area contributed by atoms with Gasteiger partial charge in [-0.25, -0.2) is 9.07 Å². The second-order valence-corrected chi connectivity index (χ2v) is 10.5. The maximum absolute atomic E-state index is 13.5. The molecule has 0 radical (unpaired) electrons. The van der Waals surface area contributed by atoms with Crippen LogP contribution < -0.4 is 0 Å². The molecule has 1 aliphatic heterocycles. The van der Waals surface area contributed by atoms with Crippen molar-refractivity contribution in [3.63, 3.8) is 0 Å². The molecule has 36 heavy (non-hydrogen) atoms. The van der Waals surface area contributed by atoms with Gasteiger partial charge in [0.05, 0.1) is 23.0 Å². The summed E-state index contributed by atoms with van der Waals surface area (Å²) in [6.45, 7) is 3.55. The van der Waals surface area contributed by atoms with E-state index in [9.17, 15) is 9.18 Å². The average Bonchev–Trinajstić information content (AvgIpc) is 3.65. The highest BCUT2D eigenvalue weighted by Gasteiger charge is 2.42. The van der Waals surface area contributed by atoms with Crippen molar-refractivity contribution in [1.82, 2.24) is 14.7 Å². The van der Waals surface area contributed by atoms with E-state index in [0.717, 1.165) is 41.5 Å². The second-order valence-electron chi connectivity index (χ2n) is 9.69. The lowest BCUT2D eigenvalue weighted by molar-refractivity contribution is 0.0783. The van der Waals surface area contributed by atoms with Crippen LogP contribution in [0.1, 0.15) is 33.5 Å². The summed E-state index contributed by atoms with van der Waals surface area (Å²) in [5.74, 6) is -0.159. The summed E-state index contributed by atoms with van der Waals surface area (Å²) in [7, 11) is 0. The molecule has 3 aromatic carbocycles. The van der Waals surface area contributed by atoms with Crippen LogP contribution in [0.25, 0.3) is 16.6 Å². The number of benzene rings is 3. The lowest BCUT2D eigenvalue weighted by Crippen LogP contribution is -2.36. The highest BCUT2D eigenvalue weighted by atomic mass is 32.1. The predicted molar refractivity (Wildman–Crippen MR) is 142 cm³/mol. The quantitative estimate of drug-likeness (QED) is 0.277. The third kappa shape index (κ3) is 4.01. The number of rotatable bonds is 5. The van der Waals surface area contributed by atoms with Crippen LogP contribution in [0, 0.1) is 12.7 Å². The Hall–Kier alpha value is -3.77. The van der Waals surface area contributed by atoms with Crippen LogP contribution in [0.15, 0.2) is 89.8 Å². The van der Waals surface area contributed by atoms with Crippen LogP contribution in [0.2, 0.25) is 0 Å². The summed E-state index contributed by atoms with van der Waals surface area (Å²) < 4.78 is 15.3. The Kier molecular flexibility index (Phi) is 5.69. The molecule has 2 aromatic heterocycles. The molecule has 0 N–H and O–H groups in total. The van der Waals surface area contributed by atoms with Gasteiger partial charge in [-0.15, -0.1) is 0 Å². The van der Waals surface area contributed by atoms with Gasteiger partial charge in [0.2, 0.25) is 0 Å². The third-order valence-corrected chi connectivity index (χ3v) is 8.03. The molecule has 1 amide bonds. The van der Waals surface area contributed by atoms with Gasteiger partial charge >= 0.3 is 0 Å². The van der Waals surface area contributed by atoms with Gasteiger partial charge in [-0.2, -0.15) is 16.4 Å².